The molecule has 2 aromatic rings. The lowest BCUT2D eigenvalue weighted by molar-refractivity contribution is 0.337. The van der Waals surface area contributed by atoms with E-state index in [2.05, 4.69) is 42.0 Å². The van der Waals surface area contributed by atoms with E-state index < -0.39 is 0 Å². The largest absolute Gasteiger partial charge is 0.353 e. The maximum absolute atomic E-state index is 6.15. The monoisotopic (exact) mass is 303 g/mol. The van der Waals surface area contributed by atoms with Crippen LogP contribution in [-0.2, 0) is 5.88 Å². The first kappa shape index (κ1) is 14.6. The number of benzene rings is 1. The van der Waals surface area contributed by atoms with E-state index in [-0.39, 0.29) is 0 Å². The number of halogens is 1. The first-order valence-corrected chi connectivity index (χ1v) is 8.12. The number of nitrogens with zero attached hydrogens (tertiary/aromatic N) is 3. The molecule has 0 radical (unpaired) electrons. The number of hydrogen-bond donors (Lipinski definition) is 0. The highest BCUT2D eigenvalue weighted by atomic mass is 35.5. The minimum Gasteiger partial charge on any atom is -0.353 e. The van der Waals surface area contributed by atoms with Gasteiger partial charge in [0.15, 0.2) is 0 Å². The van der Waals surface area contributed by atoms with Gasteiger partial charge in [-0.3, -0.25) is 0 Å². The number of hydrogen-bond acceptors (Lipinski definition) is 3. The first-order chi connectivity index (χ1) is 10.2. The van der Waals surface area contributed by atoms with E-state index in [0.29, 0.717) is 11.9 Å². The molecule has 1 aromatic carbocycles. The van der Waals surface area contributed by atoms with Gasteiger partial charge in [0.05, 0.1) is 5.52 Å². The lowest BCUT2D eigenvalue weighted by Crippen LogP contribution is -2.38. The molecule has 112 valence electrons. The van der Waals surface area contributed by atoms with Gasteiger partial charge in [0, 0.05) is 30.4 Å². The van der Waals surface area contributed by atoms with Crippen molar-refractivity contribution < 1.29 is 0 Å². The van der Waals surface area contributed by atoms with Crippen LogP contribution < -0.4 is 4.90 Å². The number of alkyl halides is 1. The Morgan fingerprint density at radius 3 is 2.90 bits per heavy atom. The second-order valence-electron chi connectivity index (χ2n) is 5.95. The van der Waals surface area contributed by atoms with E-state index >= 15 is 0 Å². The Hall–Kier alpha value is -1.32. The van der Waals surface area contributed by atoms with Crippen LogP contribution in [0.1, 0.15) is 18.9 Å². The molecule has 1 unspecified atom stereocenters. The predicted octanol–water partition coefficient (Wildman–Crippen LogP) is 3.50. The van der Waals surface area contributed by atoms with Crippen LogP contribution in [-0.4, -0.2) is 42.6 Å². The third-order valence-electron chi connectivity index (χ3n) is 4.27. The number of rotatable bonds is 2. The van der Waals surface area contributed by atoms with E-state index in [1.54, 1.807) is 0 Å². The molecule has 2 heterocycles. The first-order valence-electron chi connectivity index (χ1n) is 7.59. The van der Waals surface area contributed by atoms with Gasteiger partial charge in [-0.25, -0.2) is 4.98 Å². The molecule has 0 aliphatic carbocycles. The summed E-state index contributed by atoms with van der Waals surface area (Å²) in [7, 11) is 2.19. The van der Waals surface area contributed by atoms with Gasteiger partial charge in [0.1, 0.15) is 5.82 Å². The van der Waals surface area contributed by atoms with Gasteiger partial charge in [-0.15, -0.1) is 11.6 Å². The zero-order chi connectivity index (χ0) is 14.8. The highest BCUT2D eigenvalue weighted by Crippen LogP contribution is 2.26. The summed E-state index contributed by atoms with van der Waals surface area (Å²) in [6.07, 6.45) is 1.17. The molecule has 3 rings (SSSR count). The van der Waals surface area contributed by atoms with Crippen molar-refractivity contribution in [2.24, 2.45) is 0 Å². The maximum atomic E-state index is 6.15. The van der Waals surface area contributed by atoms with Gasteiger partial charge < -0.3 is 9.80 Å². The third-order valence-corrected chi connectivity index (χ3v) is 4.56. The predicted molar refractivity (Wildman–Crippen MR) is 90.2 cm³/mol. The van der Waals surface area contributed by atoms with Gasteiger partial charge in [0.25, 0.3) is 0 Å². The molecule has 0 spiro atoms. The number of fused-ring (bicyclic) bond motifs is 1. The molecule has 1 fully saturated rings. The molecule has 0 bridgehead atoms. The minimum absolute atomic E-state index is 0.467. The molecule has 1 aliphatic rings. The molecule has 1 aliphatic heterocycles. The summed E-state index contributed by atoms with van der Waals surface area (Å²) in [5.41, 5.74) is 2.21. The Labute approximate surface area is 131 Å². The molecule has 0 saturated carbocycles. The van der Waals surface area contributed by atoms with Gasteiger partial charge in [-0.1, -0.05) is 18.2 Å². The van der Waals surface area contributed by atoms with Crippen molar-refractivity contribution in [1.82, 2.24) is 9.88 Å². The van der Waals surface area contributed by atoms with Crippen LogP contribution in [0, 0.1) is 0 Å². The quantitative estimate of drug-likeness (QED) is 0.792. The van der Waals surface area contributed by atoms with Crippen molar-refractivity contribution in [2.75, 3.05) is 31.6 Å². The average Bonchev–Trinajstić information content (AvgIpc) is 2.66. The summed E-state index contributed by atoms with van der Waals surface area (Å²) >= 11 is 6.15. The molecular weight excluding hydrogens is 282 g/mol. The molecule has 0 amide bonds. The molecule has 4 heteroatoms. The van der Waals surface area contributed by atoms with E-state index in [9.17, 15) is 0 Å². The van der Waals surface area contributed by atoms with Crippen molar-refractivity contribution in [3.63, 3.8) is 0 Å². The summed E-state index contributed by atoms with van der Waals surface area (Å²) in [6, 6.07) is 10.9. The standard InChI is InChI=1S/C17H22ClN3/c1-13-12-20(2)8-5-9-21(13)17-10-14(11-18)15-6-3-4-7-16(15)19-17/h3-4,6-7,10,13H,5,8-9,11-12H2,1-2H3. The normalized spacial score (nSPS) is 20.7. The van der Waals surface area contributed by atoms with Crippen LogP contribution in [0.2, 0.25) is 0 Å². The van der Waals surface area contributed by atoms with E-state index in [1.807, 2.05) is 12.1 Å². The lowest BCUT2D eigenvalue weighted by Gasteiger charge is -2.29. The second kappa shape index (κ2) is 6.20. The molecule has 1 aromatic heterocycles. The van der Waals surface area contributed by atoms with Gasteiger partial charge in [-0.05, 0) is 44.6 Å². The SMILES string of the molecule is CC1CN(C)CCCN1c1cc(CCl)c2ccccc2n1. The molecular formula is C17H22ClN3. The molecule has 21 heavy (non-hydrogen) atoms. The van der Waals surface area contributed by atoms with Gasteiger partial charge >= 0.3 is 0 Å². The number of aromatic nitrogens is 1. The Kier molecular flexibility index (Phi) is 4.32. The zero-order valence-corrected chi connectivity index (χ0v) is 13.5. The average molecular weight is 304 g/mol. The van der Waals surface area contributed by atoms with E-state index in [0.717, 1.165) is 36.4 Å². The van der Waals surface area contributed by atoms with Crippen molar-refractivity contribution in [3.8, 4) is 0 Å². The molecule has 0 N–H and O–H groups in total. The van der Waals surface area contributed by atoms with Crippen LogP contribution in [0.3, 0.4) is 0 Å². The highest BCUT2D eigenvalue weighted by Gasteiger charge is 2.21. The summed E-state index contributed by atoms with van der Waals surface area (Å²) in [5, 5.41) is 1.16. The fraction of sp³-hybridized carbons (Fsp3) is 0.471. The number of para-hydroxylation sites is 1. The Morgan fingerprint density at radius 2 is 2.10 bits per heavy atom. The van der Waals surface area contributed by atoms with Crippen molar-refractivity contribution >= 4 is 28.3 Å². The third kappa shape index (κ3) is 2.99. The topological polar surface area (TPSA) is 19.4 Å². The van der Waals surface area contributed by atoms with Gasteiger partial charge in [-0.2, -0.15) is 0 Å². The zero-order valence-electron chi connectivity index (χ0n) is 12.7. The van der Waals surface area contributed by atoms with Crippen LogP contribution in [0.5, 0.6) is 0 Å². The van der Waals surface area contributed by atoms with Crippen molar-refractivity contribution in [2.45, 2.75) is 25.3 Å². The number of pyridine rings is 1. The minimum atomic E-state index is 0.467. The highest BCUT2D eigenvalue weighted by molar-refractivity contribution is 6.18. The Bertz CT molecular complexity index is 628. The van der Waals surface area contributed by atoms with Crippen LogP contribution in [0.25, 0.3) is 10.9 Å². The molecule has 3 nitrogen and oxygen atoms in total. The lowest BCUT2D eigenvalue weighted by atomic mass is 10.1. The maximum Gasteiger partial charge on any atom is 0.129 e. The van der Waals surface area contributed by atoms with Crippen molar-refractivity contribution in [1.29, 1.82) is 0 Å². The summed E-state index contributed by atoms with van der Waals surface area (Å²) in [4.78, 5) is 9.69. The molecule has 1 saturated heterocycles. The fourth-order valence-electron chi connectivity index (χ4n) is 3.20. The van der Waals surface area contributed by atoms with Crippen LogP contribution in [0.4, 0.5) is 5.82 Å². The Balaban J connectivity index is 2.03. The van der Waals surface area contributed by atoms with E-state index in [1.165, 1.54) is 12.0 Å². The fourth-order valence-corrected chi connectivity index (χ4v) is 3.42. The van der Waals surface area contributed by atoms with Crippen LogP contribution >= 0.6 is 11.6 Å². The van der Waals surface area contributed by atoms with Crippen LogP contribution in [0.15, 0.2) is 30.3 Å². The number of likely N-dealkylation sites (N-methyl/N-ethyl adjacent to an activating group) is 1. The summed E-state index contributed by atoms with van der Waals surface area (Å²) in [6.45, 7) is 5.55. The Morgan fingerprint density at radius 1 is 1.29 bits per heavy atom. The van der Waals surface area contributed by atoms with Gasteiger partial charge in [0.2, 0.25) is 0 Å². The van der Waals surface area contributed by atoms with Crippen molar-refractivity contribution in [3.05, 3.63) is 35.9 Å². The number of anilines is 1. The smallest absolute Gasteiger partial charge is 0.129 e. The second-order valence-corrected chi connectivity index (χ2v) is 6.22. The summed E-state index contributed by atoms with van der Waals surface area (Å²) < 4.78 is 0. The van der Waals surface area contributed by atoms with E-state index in [4.69, 9.17) is 16.6 Å². The summed E-state index contributed by atoms with van der Waals surface area (Å²) in [5.74, 6) is 1.59. The molecule has 1 atom stereocenters.